The van der Waals surface area contributed by atoms with E-state index < -0.39 is 0 Å². The van der Waals surface area contributed by atoms with Gasteiger partial charge in [0.15, 0.2) is 0 Å². The van der Waals surface area contributed by atoms with Gasteiger partial charge < -0.3 is 0 Å². The summed E-state index contributed by atoms with van der Waals surface area (Å²) in [6, 6.07) is 29.8. The van der Waals surface area contributed by atoms with Gasteiger partial charge in [-0.05, 0) is 45.8 Å². The molecule has 134 valence electrons. The molecule has 0 unspecified atom stereocenters. The molecule has 0 saturated carbocycles. The first kappa shape index (κ1) is 15.0. The zero-order valence-corrected chi connectivity index (χ0v) is 15.5. The van der Waals surface area contributed by atoms with Gasteiger partial charge in [-0.1, -0.05) is 60.7 Å². The van der Waals surface area contributed by atoms with Gasteiger partial charge in [0.2, 0.25) is 0 Å². The van der Waals surface area contributed by atoms with Crippen LogP contribution in [0.3, 0.4) is 0 Å². The van der Waals surface area contributed by atoms with Crippen molar-refractivity contribution in [2.24, 2.45) is 0 Å². The number of para-hydroxylation sites is 2. The average Bonchev–Trinajstić information content (AvgIpc) is 3.18. The van der Waals surface area contributed by atoms with Crippen LogP contribution in [0, 0.1) is 0 Å². The summed E-state index contributed by atoms with van der Waals surface area (Å²) >= 11 is 0. The highest BCUT2D eigenvalue weighted by atomic mass is 15.0. The molecule has 7 aromatic rings. The van der Waals surface area contributed by atoms with Crippen molar-refractivity contribution < 1.29 is 0 Å². The van der Waals surface area contributed by atoms with Crippen molar-refractivity contribution in [3.63, 3.8) is 0 Å². The Bertz CT molecular complexity index is 1760. The molecule has 0 atom stereocenters. The van der Waals surface area contributed by atoms with Gasteiger partial charge in [-0.3, -0.25) is 9.38 Å². The van der Waals surface area contributed by atoms with E-state index in [-0.39, 0.29) is 0 Å². The number of pyridine rings is 2. The van der Waals surface area contributed by atoms with E-state index >= 15 is 0 Å². The molecule has 0 fully saturated rings. The molecule has 3 heteroatoms. The van der Waals surface area contributed by atoms with E-state index in [2.05, 4.69) is 77.2 Å². The second-order valence-corrected chi connectivity index (χ2v) is 7.47. The third-order valence-electron chi connectivity index (χ3n) is 5.98. The molecule has 0 saturated heterocycles. The second kappa shape index (κ2) is 5.30. The van der Waals surface area contributed by atoms with E-state index in [1.54, 1.807) is 0 Å². The van der Waals surface area contributed by atoms with Gasteiger partial charge >= 0.3 is 0 Å². The zero-order valence-electron chi connectivity index (χ0n) is 15.5. The molecule has 3 nitrogen and oxygen atoms in total. The van der Waals surface area contributed by atoms with Crippen molar-refractivity contribution in [2.75, 3.05) is 0 Å². The second-order valence-electron chi connectivity index (χ2n) is 7.47. The predicted molar refractivity (Wildman–Crippen MR) is 121 cm³/mol. The van der Waals surface area contributed by atoms with Gasteiger partial charge in [-0.25, -0.2) is 4.98 Å². The number of benzene rings is 4. The van der Waals surface area contributed by atoms with Crippen LogP contribution >= 0.6 is 0 Å². The van der Waals surface area contributed by atoms with E-state index in [0.29, 0.717) is 0 Å². The van der Waals surface area contributed by atoms with Gasteiger partial charge in [0, 0.05) is 17.0 Å². The summed E-state index contributed by atoms with van der Waals surface area (Å²) < 4.78 is 2.27. The van der Waals surface area contributed by atoms with Crippen molar-refractivity contribution in [1.82, 2.24) is 14.4 Å². The van der Waals surface area contributed by atoms with Crippen molar-refractivity contribution >= 4 is 60.0 Å². The molecule has 0 spiro atoms. The zero-order chi connectivity index (χ0) is 18.9. The Balaban J connectivity index is 1.98. The number of hydrogen-bond acceptors (Lipinski definition) is 2. The SMILES string of the molecule is c1ccc2c(c1)nc1c3c4ccccc4c4ccccc4c3c3ncccc3n21. The van der Waals surface area contributed by atoms with Crippen LogP contribution in [0.4, 0.5) is 0 Å². The quantitative estimate of drug-likeness (QED) is 0.286. The monoisotopic (exact) mass is 369 g/mol. The molecule has 0 aliphatic rings. The number of aromatic nitrogens is 3. The van der Waals surface area contributed by atoms with Crippen LogP contribution < -0.4 is 0 Å². The standard InChI is InChI=1S/C26H15N3/c1-3-10-18-16(8-1)17-9-2-4-11-19(17)24-23(18)25-22(14-7-15-27-25)29-21-13-6-5-12-20(21)28-26(24)29/h1-15H. The van der Waals surface area contributed by atoms with Crippen LogP contribution in [0.15, 0.2) is 91.1 Å². The predicted octanol–water partition coefficient (Wildman–Crippen LogP) is 6.50. The van der Waals surface area contributed by atoms with Crippen molar-refractivity contribution in [3.05, 3.63) is 91.1 Å². The number of nitrogens with zero attached hydrogens (tertiary/aromatic N) is 3. The summed E-state index contributed by atoms with van der Waals surface area (Å²) in [5.41, 5.74) is 5.20. The molecule has 3 heterocycles. The fourth-order valence-corrected chi connectivity index (χ4v) is 4.83. The smallest absolute Gasteiger partial charge is 0.147 e. The highest BCUT2D eigenvalue weighted by molar-refractivity contribution is 6.34. The molecule has 0 radical (unpaired) electrons. The summed E-state index contributed by atoms with van der Waals surface area (Å²) in [6.07, 6.45) is 1.89. The summed E-state index contributed by atoms with van der Waals surface area (Å²) in [6.45, 7) is 0. The minimum atomic E-state index is 0.989. The minimum absolute atomic E-state index is 0.989. The topological polar surface area (TPSA) is 30.2 Å². The Labute approximate surface area is 165 Å². The van der Waals surface area contributed by atoms with Gasteiger partial charge in [-0.2, -0.15) is 0 Å². The molecule has 0 aliphatic heterocycles. The van der Waals surface area contributed by atoms with E-state index in [0.717, 1.165) is 27.7 Å². The maximum Gasteiger partial charge on any atom is 0.147 e. The maximum absolute atomic E-state index is 5.09. The summed E-state index contributed by atoms with van der Waals surface area (Å²) in [7, 11) is 0. The number of rotatable bonds is 0. The van der Waals surface area contributed by atoms with Crippen LogP contribution in [0.1, 0.15) is 0 Å². The lowest BCUT2D eigenvalue weighted by Gasteiger charge is -2.14. The van der Waals surface area contributed by atoms with Crippen LogP contribution in [0.25, 0.3) is 60.0 Å². The molecule has 3 aromatic heterocycles. The lowest BCUT2D eigenvalue weighted by Crippen LogP contribution is -1.95. The van der Waals surface area contributed by atoms with Crippen molar-refractivity contribution in [1.29, 1.82) is 0 Å². The molecular weight excluding hydrogens is 354 g/mol. The third kappa shape index (κ3) is 1.82. The molecule has 7 rings (SSSR count). The van der Waals surface area contributed by atoms with Crippen LogP contribution in [0.5, 0.6) is 0 Å². The Morgan fingerprint density at radius 1 is 0.552 bits per heavy atom. The molecule has 29 heavy (non-hydrogen) atoms. The van der Waals surface area contributed by atoms with E-state index in [9.17, 15) is 0 Å². The fourth-order valence-electron chi connectivity index (χ4n) is 4.83. The van der Waals surface area contributed by atoms with Crippen molar-refractivity contribution in [3.8, 4) is 0 Å². The van der Waals surface area contributed by atoms with Gasteiger partial charge in [0.25, 0.3) is 0 Å². The summed E-state index contributed by atoms with van der Waals surface area (Å²) in [5, 5.41) is 7.29. The maximum atomic E-state index is 5.09. The highest BCUT2D eigenvalue weighted by Crippen LogP contribution is 2.41. The Morgan fingerprint density at radius 3 is 1.97 bits per heavy atom. The van der Waals surface area contributed by atoms with E-state index in [4.69, 9.17) is 9.97 Å². The molecular formula is C26H15N3. The number of imidazole rings is 1. The van der Waals surface area contributed by atoms with Gasteiger partial charge in [0.1, 0.15) is 5.65 Å². The Kier molecular flexibility index (Phi) is 2.74. The number of fused-ring (bicyclic) bond motifs is 13. The molecule has 4 aromatic carbocycles. The van der Waals surface area contributed by atoms with E-state index in [1.165, 1.54) is 32.3 Å². The average molecular weight is 369 g/mol. The van der Waals surface area contributed by atoms with Crippen LogP contribution in [-0.4, -0.2) is 14.4 Å². The molecule has 0 N–H and O–H groups in total. The van der Waals surface area contributed by atoms with Gasteiger partial charge in [0.05, 0.1) is 22.1 Å². The van der Waals surface area contributed by atoms with Crippen LogP contribution in [0.2, 0.25) is 0 Å². The Hall–Kier alpha value is -3.98. The summed E-state index contributed by atoms with van der Waals surface area (Å²) in [5.74, 6) is 0. The highest BCUT2D eigenvalue weighted by Gasteiger charge is 2.18. The van der Waals surface area contributed by atoms with Crippen LogP contribution in [-0.2, 0) is 0 Å². The molecule has 0 aliphatic carbocycles. The first-order valence-corrected chi connectivity index (χ1v) is 9.79. The minimum Gasteiger partial charge on any atom is -0.290 e. The first-order chi connectivity index (χ1) is 14.4. The molecule has 0 amide bonds. The first-order valence-electron chi connectivity index (χ1n) is 9.79. The largest absolute Gasteiger partial charge is 0.290 e. The third-order valence-corrected chi connectivity index (χ3v) is 5.98. The number of hydrogen-bond donors (Lipinski definition) is 0. The summed E-state index contributed by atoms with van der Waals surface area (Å²) in [4.78, 5) is 9.94. The van der Waals surface area contributed by atoms with Gasteiger partial charge in [-0.15, -0.1) is 0 Å². The fraction of sp³-hybridized carbons (Fsp3) is 0. The normalized spacial score (nSPS) is 12.1. The molecule has 0 bridgehead atoms. The van der Waals surface area contributed by atoms with E-state index in [1.807, 2.05) is 18.3 Å². The lowest BCUT2D eigenvalue weighted by atomic mass is 9.94. The van der Waals surface area contributed by atoms with Crippen molar-refractivity contribution in [2.45, 2.75) is 0 Å². The Morgan fingerprint density at radius 2 is 1.17 bits per heavy atom. The lowest BCUT2D eigenvalue weighted by molar-refractivity contribution is 1.29.